The molecule has 1 heteroatoms. The van der Waals surface area contributed by atoms with E-state index in [1.165, 1.54) is 31.3 Å². The molecule has 0 amide bonds. The largest absolute Gasteiger partial charge is 0.378 e. The van der Waals surface area contributed by atoms with E-state index in [4.69, 9.17) is 4.74 Å². The Morgan fingerprint density at radius 1 is 1.41 bits per heavy atom. The quantitative estimate of drug-likeness (QED) is 0.652. The molecule has 0 aromatic heterocycles. The van der Waals surface area contributed by atoms with Gasteiger partial charge in [-0.15, -0.1) is 0 Å². The van der Waals surface area contributed by atoms with Crippen LogP contribution in [0.25, 0.3) is 0 Å². The zero-order valence-corrected chi connectivity index (χ0v) is 11.8. The molecule has 1 aliphatic heterocycles. The van der Waals surface area contributed by atoms with Crippen molar-refractivity contribution in [1.82, 2.24) is 0 Å². The molecule has 1 saturated carbocycles. The van der Waals surface area contributed by atoms with Crippen molar-refractivity contribution < 1.29 is 4.74 Å². The van der Waals surface area contributed by atoms with Crippen LogP contribution in [0.15, 0.2) is 12.2 Å². The Balaban J connectivity index is 1.96. The summed E-state index contributed by atoms with van der Waals surface area (Å²) in [5.41, 5.74) is 1.94. The molecule has 0 radical (unpaired) electrons. The average molecular weight is 236 g/mol. The summed E-state index contributed by atoms with van der Waals surface area (Å²) in [4.78, 5) is 0. The van der Waals surface area contributed by atoms with Crippen LogP contribution in [-0.4, -0.2) is 12.7 Å². The maximum Gasteiger partial charge on any atom is 0.0615 e. The van der Waals surface area contributed by atoms with Crippen molar-refractivity contribution in [3.8, 4) is 0 Å². The molecule has 17 heavy (non-hydrogen) atoms. The molecule has 2 rings (SSSR count). The van der Waals surface area contributed by atoms with Gasteiger partial charge in [0, 0.05) is 0 Å². The van der Waals surface area contributed by atoms with Crippen molar-refractivity contribution in [2.24, 2.45) is 17.3 Å². The van der Waals surface area contributed by atoms with Crippen LogP contribution in [-0.2, 0) is 4.74 Å². The van der Waals surface area contributed by atoms with E-state index in [0.717, 1.165) is 31.3 Å². The van der Waals surface area contributed by atoms with Crippen LogP contribution >= 0.6 is 0 Å². The van der Waals surface area contributed by atoms with Crippen molar-refractivity contribution in [3.05, 3.63) is 12.2 Å². The minimum atomic E-state index is 0.456. The third-order valence-electron chi connectivity index (χ3n) is 5.64. The van der Waals surface area contributed by atoms with Gasteiger partial charge in [0.05, 0.1) is 12.7 Å². The van der Waals surface area contributed by atoms with E-state index >= 15 is 0 Å². The maximum absolute atomic E-state index is 5.92. The summed E-state index contributed by atoms with van der Waals surface area (Å²) < 4.78 is 5.92. The molecule has 0 N–H and O–H groups in total. The molecule has 1 aliphatic carbocycles. The van der Waals surface area contributed by atoms with Gasteiger partial charge in [0.1, 0.15) is 0 Å². The zero-order chi connectivity index (χ0) is 12.5. The Bertz CT molecular complexity index is 283. The second kappa shape index (κ2) is 5.14. The highest BCUT2D eigenvalue weighted by Crippen LogP contribution is 2.52. The molecule has 0 aromatic carbocycles. The molecule has 1 saturated heterocycles. The Kier molecular flexibility index (Phi) is 3.97. The average Bonchev–Trinajstić information content (AvgIpc) is 2.58. The summed E-state index contributed by atoms with van der Waals surface area (Å²) in [7, 11) is 0. The van der Waals surface area contributed by atoms with Crippen LogP contribution in [0.1, 0.15) is 59.3 Å². The second-order valence-corrected chi connectivity index (χ2v) is 6.47. The molecule has 2 aliphatic rings. The first-order chi connectivity index (χ1) is 8.06. The topological polar surface area (TPSA) is 9.23 Å². The summed E-state index contributed by atoms with van der Waals surface area (Å²) in [6.45, 7) is 12.3. The van der Waals surface area contributed by atoms with Gasteiger partial charge in [-0.1, -0.05) is 39.3 Å². The molecule has 0 spiro atoms. The fourth-order valence-electron chi connectivity index (χ4n) is 3.86. The molecule has 1 nitrogen and oxygen atoms in total. The summed E-state index contributed by atoms with van der Waals surface area (Å²) in [6.07, 6.45) is 8.01. The molecule has 1 heterocycles. The predicted octanol–water partition coefficient (Wildman–Crippen LogP) is 4.57. The smallest absolute Gasteiger partial charge is 0.0615 e. The molecule has 4 atom stereocenters. The Morgan fingerprint density at radius 2 is 2.18 bits per heavy atom. The predicted molar refractivity (Wildman–Crippen MR) is 73.0 cm³/mol. The number of rotatable bonds is 3. The third kappa shape index (κ3) is 2.59. The first kappa shape index (κ1) is 13.1. The summed E-state index contributed by atoms with van der Waals surface area (Å²) >= 11 is 0. The molecule has 98 valence electrons. The summed E-state index contributed by atoms with van der Waals surface area (Å²) in [5, 5.41) is 0. The molecule has 4 unspecified atom stereocenters. The highest BCUT2D eigenvalue weighted by Gasteiger charge is 2.43. The van der Waals surface area contributed by atoms with Gasteiger partial charge in [-0.05, 0) is 49.4 Å². The van der Waals surface area contributed by atoms with E-state index in [-0.39, 0.29) is 0 Å². The van der Waals surface area contributed by atoms with E-state index < -0.39 is 0 Å². The van der Waals surface area contributed by atoms with Gasteiger partial charge in [0.15, 0.2) is 0 Å². The number of hydrogen-bond donors (Lipinski definition) is 0. The highest BCUT2D eigenvalue weighted by molar-refractivity contribution is 5.01. The molecule has 0 bridgehead atoms. The van der Waals surface area contributed by atoms with Crippen molar-refractivity contribution in [3.63, 3.8) is 0 Å². The van der Waals surface area contributed by atoms with Gasteiger partial charge < -0.3 is 4.74 Å². The Hall–Kier alpha value is -0.300. The zero-order valence-electron chi connectivity index (χ0n) is 11.8. The molecule has 0 aromatic rings. The standard InChI is InChI=1S/C16H28O/c1-5-16(4)13(3)6-7-14(16)11-15-10-12(2)8-9-17-15/h13-15H,2,5-11H2,1,3-4H3. The van der Waals surface area contributed by atoms with Crippen LogP contribution in [0.5, 0.6) is 0 Å². The monoisotopic (exact) mass is 236 g/mol. The van der Waals surface area contributed by atoms with E-state index in [0.29, 0.717) is 11.5 Å². The van der Waals surface area contributed by atoms with Crippen molar-refractivity contribution in [2.45, 2.75) is 65.4 Å². The van der Waals surface area contributed by atoms with Crippen LogP contribution < -0.4 is 0 Å². The van der Waals surface area contributed by atoms with Crippen LogP contribution in [0.2, 0.25) is 0 Å². The highest BCUT2D eigenvalue weighted by atomic mass is 16.5. The summed E-state index contributed by atoms with van der Waals surface area (Å²) in [5.74, 6) is 1.74. The van der Waals surface area contributed by atoms with Gasteiger partial charge in [-0.2, -0.15) is 0 Å². The van der Waals surface area contributed by atoms with Crippen molar-refractivity contribution in [2.75, 3.05) is 6.61 Å². The fraction of sp³-hybridized carbons (Fsp3) is 0.875. The van der Waals surface area contributed by atoms with Crippen molar-refractivity contribution >= 4 is 0 Å². The fourth-order valence-corrected chi connectivity index (χ4v) is 3.86. The van der Waals surface area contributed by atoms with Crippen LogP contribution in [0.3, 0.4) is 0 Å². The first-order valence-electron chi connectivity index (χ1n) is 7.34. The van der Waals surface area contributed by atoms with Crippen LogP contribution in [0, 0.1) is 17.3 Å². The van der Waals surface area contributed by atoms with Crippen LogP contribution in [0.4, 0.5) is 0 Å². The lowest BCUT2D eigenvalue weighted by Crippen LogP contribution is -2.31. The van der Waals surface area contributed by atoms with Crippen molar-refractivity contribution in [1.29, 1.82) is 0 Å². The van der Waals surface area contributed by atoms with Gasteiger partial charge in [0.2, 0.25) is 0 Å². The van der Waals surface area contributed by atoms with Gasteiger partial charge in [-0.25, -0.2) is 0 Å². The Labute approximate surface area is 107 Å². The lowest BCUT2D eigenvalue weighted by Gasteiger charge is -2.37. The molecular weight excluding hydrogens is 208 g/mol. The lowest BCUT2D eigenvalue weighted by molar-refractivity contribution is 0.00306. The lowest BCUT2D eigenvalue weighted by atomic mass is 9.70. The van der Waals surface area contributed by atoms with Gasteiger partial charge >= 0.3 is 0 Å². The Morgan fingerprint density at radius 3 is 2.82 bits per heavy atom. The molecular formula is C16H28O. The number of hydrogen-bond acceptors (Lipinski definition) is 1. The van der Waals surface area contributed by atoms with E-state index in [1.54, 1.807) is 0 Å². The third-order valence-corrected chi connectivity index (χ3v) is 5.64. The maximum atomic E-state index is 5.92. The van der Waals surface area contributed by atoms with Gasteiger partial charge in [0.25, 0.3) is 0 Å². The normalized spacial score (nSPS) is 43.0. The number of ether oxygens (including phenoxy) is 1. The van der Waals surface area contributed by atoms with E-state index in [1.807, 2.05) is 0 Å². The van der Waals surface area contributed by atoms with E-state index in [2.05, 4.69) is 27.4 Å². The van der Waals surface area contributed by atoms with E-state index in [9.17, 15) is 0 Å². The van der Waals surface area contributed by atoms with Gasteiger partial charge in [-0.3, -0.25) is 0 Å². The molecule has 2 fully saturated rings. The summed E-state index contributed by atoms with van der Waals surface area (Å²) in [6, 6.07) is 0. The second-order valence-electron chi connectivity index (χ2n) is 6.47. The minimum absolute atomic E-state index is 0.456. The minimum Gasteiger partial charge on any atom is -0.378 e. The first-order valence-corrected chi connectivity index (χ1v) is 7.34. The SMILES string of the molecule is C=C1CCOC(CC2CCC(C)C2(C)CC)C1.